The van der Waals surface area contributed by atoms with Crippen LogP contribution < -0.4 is 16.2 Å². The molecule has 0 aliphatic heterocycles. The fourth-order valence-electron chi connectivity index (χ4n) is 5.28. The van der Waals surface area contributed by atoms with Gasteiger partial charge in [0.25, 0.3) is 0 Å². The zero-order valence-corrected chi connectivity index (χ0v) is 25.5. The van der Waals surface area contributed by atoms with Gasteiger partial charge in [0.15, 0.2) is 11.5 Å². The summed E-state index contributed by atoms with van der Waals surface area (Å²) in [6, 6.07) is 8.32. The van der Waals surface area contributed by atoms with E-state index in [1.165, 1.54) is 7.11 Å². The van der Waals surface area contributed by atoms with Crippen molar-refractivity contribution in [1.82, 2.24) is 29.3 Å². The fraction of sp³-hybridized carbons (Fsp3) is 0.600. The number of nitrogens with two attached hydrogens (primary N) is 1. The number of H-pyrrole nitrogens is 1. The van der Waals surface area contributed by atoms with Crippen LogP contribution in [0, 0.1) is 5.41 Å². The maximum atomic E-state index is 12.7. The standard InChI is InChI=1S/C30H47N7O4/c1-7-8-16-41-28-33-26(31)25-27(34-28)37(29(39)32-25)15-10-9-14-36(21-30(2,3)20-35(4)5)19-23-13-11-12-22(17-23)18-24(38)40-6/h11-13,17H,7-10,14-16,18-21H2,1-6H3,(H,32,39)(H2,31,33,34). The number of rotatable bonds is 17. The van der Waals surface area contributed by atoms with Gasteiger partial charge in [0, 0.05) is 26.2 Å². The molecular weight excluding hydrogens is 522 g/mol. The number of aromatic amines is 1. The molecule has 0 aliphatic rings. The molecule has 11 nitrogen and oxygen atoms in total. The lowest BCUT2D eigenvalue weighted by Crippen LogP contribution is -2.40. The predicted octanol–water partition coefficient (Wildman–Crippen LogP) is 3.47. The lowest BCUT2D eigenvalue weighted by atomic mass is 9.91. The van der Waals surface area contributed by atoms with E-state index in [0.717, 1.165) is 63.0 Å². The second-order valence-corrected chi connectivity index (χ2v) is 11.8. The molecule has 0 aliphatic carbocycles. The van der Waals surface area contributed by atoms with Crippen molar-refractivity contribution in [2.24, 2.45) is 5.41 Å². The summed E-state index contributed by atoms with van der Waals surface area (Å²) in [6.45, 7) is 11.1. The highest BCUT2D eigenvalue weighted by Crippen LogP contribution is 2.22. The number of aryl methyl sites for hydroxylation is 1. The quantitative estimate of drug-likeness (QED) is 0.185. The van der Waals surface area contributed by atoms with Crippen molar-refractivity contribution >= 4 is 23.0 Å². The SMILES string of the molecule is CCCCOc1nc(N)c2[nH]c(=O)n(CCCCN(Cc3cccc(CC(=O)OC)c3)CC(C)(C)CN(C)C)c2n1. The van der Waals surface area contributed by atoms with Gasteiger partial charge in [0.05, 0.1) is 20.1 Å². The Labute approximate surface area is 243 Å². The molecule has 0 atom stereocenters. The van der Waals surface area contributed by atoms with Crippen LogP contribution in [0.25, 0.3) is 11.2 Å². The van der Waals surface area contributed by atoms with Gasteiger partial charge in [-0.3, -0.25) is 14.3 Å². The molecule has 226 valence electrons. The van der Waals surface area contributed by atoms with E-state index in [1.807, 2.05) is 12.1 Å². The molecule has 0 spiro atoms. The summed E-state index contributed by atoms with van der Waals surface area (Å²) in [6.07, 6.45) is 3.82. The van der Waals surface area contributed by atoms with Crippen molar-refractivity contribution in [3.63, 3.8) is 0 Å². The number of nitrogens with zero attached hydrogens (tertiary/aromatic N) is 5. The average Bonchev–Trinajstić information content (AvgIpc) is 3.21. The van der Waals surface area contributed by atoms with E-state index in [-0.39, 0.29) is 35.3 Å². The number of benzene rings is 1. The number of esters is 1. The minimum Gasteiger partial charge on any atom is -0.469 e. The second kappa shape index (κ2) is 15.0. The molecule has 3 N–H and O–H groups in total. The summed E-state index contributed by atoms with van der Waals surface area (Å²) < 4.78 is 12.1. The van der Waals surface area contributed by atoms with Gasteiger partial charge >= 0.3 is 17.7 Å². The number of fused-ring (bicyclic) bond motifs is 1. The van der Waals surface area contributed by atoms with Crippen molar-refractivity contribution in [3.8, 4) is 6.01 Å². The Kier molecular flexibility index (Phi) is 11.7. The summed E-state index contributed by atoms with van der Waals surface area (Å²) in [4.78, 5) is 40.7. The Morgan fingerprint density at radius 3 is 2.59 bits per heavy atom. The van der Waals surface area contributed by atoms with Crippen LogP contribution in [0.3, 0.4) is 0 Å². The average molecular weight is 570 g/mol. The van der Waals surface area contributed by atoms with Gasteiger partial charge < -0.3 is 25.1 Å². The molecule has 0 fully saturated rings. The first kappa shape index (κ1) is 32.1. The number of anilines is 1. The van der Waals surface area contributed by atoms with E-state index >= 15 is 0 Å². The number of methoxy groups -OCH3 is 1. The monoisotopic (exact) mass is 569 g/mol. The number of imidazole rings is 1. The summed E-state index contributed by atoms with van der Waals surface area (Å²) in [5.74, 6) is -0.0357. The molecule has 2 aromatic heterocycles. The van der Waals surface area contributed by atoms with E-state index in [0.29, 0.717) is 24.3 Å². The minimum absolute atomic E-state index is 0.0729. The van der Waals surface area contributed by atoms with E-state index in [2.05, 4.69) is 71.8 Å². The Morgan fingerprint density at radius 1 is 1.12 bits per heavy atom. The molecule has 1 aromatic carbocycles. The van der Waals surface area contributed by atoms with E-state index in [9.17, 15) is 9.59 Å². The molecule has 0 saturated heterocycles. The van der Waals surface area contributed by atoms with Gasteiger partial charge in [0.2, 0.25) is 0 Å². The largest absolute Gasteiger partial charge is 0.469 e. The third kappa shape index (κ3) is 9.86. The van der Waals surface area contributed by atoms with Gasteiger partial charge in [-0.1, -0.05) is 51.5 Å². The normalized spacial score (nSPS) is 12.0. The van der Waals surface area contributed by atoms with Gasteiger partial charge in [-0.25, -0.2) is 4.79 Å². The van der Waals surface area contributed by atoms with Crippen molar-refractivity contribution in [1.29, 1.82) is 0 Å². The maximum absolute atomic E-state index is 12.7. The molecule has 0 radical (unpaired) electrons. The first-order valence-corrected chi connectivity index (χ1v) is 14.4. The third-order valence-electron chi connectivity index (χ3n) is 6.83. The number of carbonyl (C=O) groups excluding carboxylic acids is 1. The first-order valence-electron chi connectivity index (χ1n) is 14.4. The van der Waals surface area contributed by atoms with Crippen LogP contribution in [0.2, 0.25) is 0 Å². The van der Waals surface area contributed by atoms with Crippen LogP contribution in [0.4, 0.5) is 5.82 Å². The number of carbonyl (C=O) groups is 1. The van der Waals surface area contributed by atoms with Crippen LogP contribution in [0.15, 0.2) is 29.1 Å². The fourth-order valence-corrected chi connectivity index (χ4v) is 5.28. The van der Waals surface area contributed by atoms with Crippen molar-refractivity contribution in [2.75, 3.05) is 53.2 Å². The number of aromatic nitrogens is 4. The van der Waals surface area contributed by atoms with Gasteiger partial charge in [-0.05, 0) is 56.4 Å². The topological polar surface area (TPSA) is 132 Å². The van der Waals surface area contributed by atoms with Crippen LogP contribution in [-0.4, -0.2) is 82.7 Å². The second-order valence-electron chi connectivity index (χ2n) is 11.8. The van der Waals surface area contributed by atoms with E-state index in [4.69, 9.17) is 15.2 Å². The smallest absolute Gasteiger partial charge is 0.327 e. The Balaban J connectivity index is 1.70. The zero-order chi connectivity index (χ0) is 30.0. The van der Waals surface area contributed by atoms with Gasteiger partial charge in [-0.2, -0.15) is 9.97 Å². The van der Waals surface area contributed by atoms with Crippen LogP contribution in [0.1, 0.15) is 57.6 Å². The van der Waals surface area contributed by atoms with E-state index in [1.54, 1.807) is 4.57 Å². The molecule has 0 bridgehead atoms. The maximum Gasteiger partial charge on any atom is 0.327 e. The summed E-state index contributed by atoms with van der Waals surface area (Å²) in [5, 5.41) is 0. The van der Waals surface area contributed by atoms with Crippen molar-refractivity contribution < 1.29 is 14.3 Å². The molecule has 41 heavy (non-hydrogen) atoms. The first-order chi connectivity index (χ1) is 19.5. The predicted molar refractivity (Wildman–Crippen MR) is 162 cm³/mol. The number of ether oxygens (including phenoxy) is 2. The Hall–Kier alpha value is -3.44. The number of hydrogen-bond donors (Lipinski definition) is 2. The number of unbranched alkanes of at least 4 members (excludes halogenated alkanes) is 2. The molecule has 3 rings (SSSR count). The summed E-state index contributed by atoms with van der Waals surface area (Å²) in [5.41, 5.74) is 8.93. The molecule has 0 saturated carbocycles. The molecular formula is C30H47N7O4. The van der Waals surface area contributed by atoms with Crippen LogP contribution in [0.5, 0.6) is 6.01 Å². The number of hydrogen-bond acceptors (Lipinski definition) is 9. The lowest BCUT2D eigenvalue weighted by molar-refractivity contribution is -0.139. The molecule has 3 aromatic rings. The lowest BCUT2D eigenvalue weighted by Gasteiger charge is -2.35. The molecule has 0 unspecified atom stereocenters. The highest BCUT2D eigenvalue weighted by Gasteiger charge is 2.23. The van der Waals surface area contributed by atoms with Crippen molar-refractivity contribution in [2.45, 2.75) is 66.0 Å². The van der Waals surface area contributed by atoms with Crippen molar-refractivity contribution in [3.05, 3.63) is 45.9 Å². The number of nitrogen functional groups attached to an aromatic ring is 1. The highest BCUT2D eigenvalue weighted by molar-refractivity contribution is 5.81. The summed E-state index contributed by atoms with van der Waals surface area (Å²) in [7, 11) is 5.60. The zero-order valence-electron chi connectivity index (χ0n) is 25.5. The van der Waals surface area contributed by atoms with Gasteiger partial charge in [0.1, 0.15) is 5.52 Å². The Bertz CT molecular complexity index is 1330. The minimum atomic E-state index is -0.252. The molecule has 11 heteroatoms. The summed E-state index contributed by atoms with van der Waals surface area (Å²) >= 11 is 0. The molecule has 0 amide bonds. The Morgan fingerprint density at radius 2 is 1.88 bits per heavy atom. The highest BCUT2D eigenvalue weighted by atomic mass is 16.5. The van der Waals surface area contributed by atoms with Crippen LogP contribution in [-0.2, 0) is 29.0 Å². The molecule has 2 heterocycles. The van der Waals surface area contributed by atoms with E-state index < -0.39 is 0 Å². The van der Waals surface area contributed by atoms with Crippen LogP contribution >= 0.6 is 0 Å². The van der Waals surface area contributed by atoms with Gasteiger partial charge in [-0.15, -0.1) is 0 Å². The third-order valence-corrected chi connectivity index (χ3v) is 6.83. The number of nitrogens with one attached hydrogen (secondary N) is 1.